The van der Waals surface area contributed by atoms with E-state index in [-0.39, 0.29) is 0 Å². The summed E-state index contributed by atoms with van der Waals surface area (Å²) in [6.45, 7) is 5.81. The number of nitrogens with zero attached hydrogens (tertiary/aromatic N) is 3. The van der Waals surface area contributed by atoms with Crippen molar-refractivity contribution in [3.63, 3.8) is 0 Å². The Morgan fingerprint density at radius 2 is 2.05 bits per heavy atom. The minimum atomic E-state index is 0.446. The Bertz CT molecular complexity index is 598. The maximum Gasteiger partial charge on any atom is 0.143 e. The third kappa shape index (κ3) is 3.40. The molecule has 0 spiro atoms. The standard InChI is InChI=1S/C17H27N5/c1-2-3-4-5-10-22-11-7-13(8-12-22)16-20-15(18)14-6-9-19-17(14)21-16/h6,9,13H,2-5,7-8,10-12H2,1H3,(H3,18,19,20,21). The third-order valence-electron chi connectivity index (χ3n) is 4.74. The van der Waals surface area contributed by atoms with E-state index in [1.807, 2.05) is 12.3 Å². The van der Waals surface area contributed by atoms with Crippen LogP contribution in [0.4, 0.5) is 5.82 Å². The summed E-state index contributed by atoms with van der Waals surface area (Å²) < 4.78 is 0. The summed E-state index contributed by atoms with van der Waals surface area (Å²) in [4.78, 5) is 14.9. The fourth-order valence-electron chi connectivity index (χ4n) is 3.34. The van der Waals surface area contributed by atoms with Crippen LogP contribution in [-0.4, -0.2) is 39.5 Å². The first-order valence-corrected chi connectivity index (χ1v) is 8.60. The number of unbranched alkanes of at least 4 members (excludes halogenated alkanes) is 3. The number of hydrogen-bond acceptors (Lipinski definition) is 4. The first-order chi connectivity index (χ1) is 10.8. The number of aromatic amines is 1. The Morgan fingerprint density at radius 3 is 2.82 bits per heavy atom. The van der Waals surface area contributed by atoms with Crippen LogP contribution in [0.5, 0.6) is 0 Å². The van der Waals surface area contributed by atoms with Crippen LogP contribution in [-0.2, 0) is 0 Å². The van der Waals surface area contributed by atoms with Crippen LogP contribution in [0.2, 0.25) is 0 Å². The molecule has 1 fully saturated rings. The summed E-state index contributed by atoms with van der Waals surface area (Å²) >= 11 is 0. The van der Waals surface area contributed by atoms with Gasteiger partial charge in [-0.3, -0.25) is 0 Å². The Hall–Kier alpha value is -1.62. The van der Waals surface area contributed by atoms with Gasteiger partial charge in [0.1, 0.15) is 17.3 Å². The normalized spacial score (nSPS) is 17.3. The van der Waals surface area contributed by atoms with Gasteiger partial charge >= 0.3 is 0 Å². The van der Waals surface area contributed by atoms with Gasteiger partial charge in [0.2, 0.25) is 0 Å². The smallest absolute Gasteiger partial charge is 0.143 e. The topological polar surface area (TPSA) is 70.8 Å². The molecule has 22 heavy (non-hydrogen) atoms. The monoisotopic (exact) mass is 301 g/mol. The van der Waals surface area contributed by atoms with Crippen molar-refractivity contribution in [3.8, 4) is 0 Å². The number of hydrogen-bond donors (Lipinski definition) is 2. The number of H-pyrrole nitrogens is 1. The van der Waals surface area contributed by atoms with Gasteiger partial charge in [-0.15, -0.1) is 0 Å². The quantitative estimate of drug-likeness (QED) is 0.803. The summed E-state index contributed by atoms with van der Waals surface area (Å²) in [6.07, 6.45) is 9.51. The van der Waals surface area contributed by atoms with Crippen LogP contribution >= 0.6 is 0 Å². The first kappa shape index (κ1) is 15.3. The Labute approximate surface area is 132 Å². The first-order valence-electron chi connectivity index (χ1n) is 8.60. The molecule has 5 nitrogen and oxygen atoms in total. The molecule has 3 N–H and O–H groups in total. The second-order valence-corrected chi connectivity index (χ2v) is 6.38. The van der Waals surface area contributed by atoms with Crippen molar-refractivity contribution in [3.05, 3.63) is 18.1 Å². The SMILES string of the molecule is CCCCCCN1CCC(c2nc(N)c3cc[nH]c3n2)CC1. The van der Waals surface area contributed by atoms with E-state index < -0.39 is 0 Å². The largest absolute Gasteiger partial charge is 0.383 e. The summed E-state index contributed by atoms with van der Waals surface area (Å²) in [5, 5.41) is 0.928. The average molecular weight is 301 g/mol. The lowest BCUT2D eigenvalue weighted by atomic mass is 9.95. The molecule has 2 aromatic rings. The number of piperidine rings is 1. The molecule has 0 aromatic carbocycles. The van der Waals surface area contributed by atoms with E-state index in [0.29, 0.717) is 11.7 Å². The van der Waals surface area contributed by atoms with E-state index in [1.165, 1.54) is 32.2 Å². The highest BCUT2D eigenvalue weighted by atomic mass is 15.1. The van der Waals surface area contributed by atoms with E-state index in [1.54, 1.807) is 0 Å². The van der Waals surface area contributed by atoms with E-state index in [2.05, 4.69) is 26.8 Å². The summed E-state index contributed by atoms with van der Waals surface area (Å²) in [5.41, 5.74) is 6.91. The van der Waals surface area contributed by atoms with Gasteiger partial charge < -0.3 is 15.6 Å². The number of fused-ring (bicyclic) bond motifs is 1. The molecule has 120 valence electrons. The Morgan fingerprint density at radius 1 is 1.23 bits per heavy atom. The van der Waals surface area contributed by atoms with Gasteiger partial charge in [-0.05, 0) is 45.0 Å². The van der Waals surface area contributed by atoms with Gasteiger partial charge in [0.05, 0.1) is 5.39 Å². The van der Waals surface area contributed by atoms with Crippen molar-refractivity contribution in [1.29, 1.82) is 0 Å². The molecule has 1 aliphatic heterocycles. The highest BCUT2D eigenvalue weighted by Crippen LogP contribution is 2.28. The van der Waals surface area contributed by atoms with Gasteiger partial charge in [-0.1, -0.05) is 26.2 Å². The number of anilines is 1. The minimum Gasteiger partial charge on any atom is -0.383 e. The van der Waals surface area contributed by atoms with Crippen molar-refractivity contribution in [2.45, 2.75) is 51.4 Å². The summed E-state index contributed by atoms with van der Waals surface area (Å²) in [6, 6.07) is 1.94. The van der Waals surface area contributed by atoms with E-state index in [0.717, 1.165) is 42.8 Å². The molecular weight excluding hydrogens is 274 g/mol. The zero-order valence-electron chi connectivity index (χ0n) is 13.5. The third-order valence-corrected chi connectivity index (χ3v) is 4.74. The molecule has 0 bridgehead atoms. The summed E-state index contributed by atoms with van der Waals surface area (Å²) in [5.74, 6) is 1.96. The minimum absolute atomic E-state index is 0.446. The number of nitrogens with two attached hydrogens (primary N) is 1. The molecule has 1 aliphatic rings. The van der Waals surface area contributed by atoms with Crippen molar-refractivity contribution in [2.75, 3.05) is 25.4 Å². The van der Waals surface area contributed by atoms with Crippen LogP contribution in [0, 0.1) is 0 Å². The van der Waals surface area contributed by atoms with Crippen molar-refractivity contribution >= 4 is 16.9 Å². The van der Waals surface area contributed by atoms with Gasteiger partial charge in [0.25, 0.3) is 0 Å². The van der Waals surface area contributed by atoms with Crippen LogP contribution in [0.1, 0.15) is 57.2 Å². The molecule has 1 saturated heterocycles. The van der Waals surface area contributed by atoms with E-state index in [4.69, 9.17) is 5.73 Å². The zero-order chi connectivity index (χ0) is 15.4. The van der Waals surface area contributed by atoms with Crippen LogP contribution < -0.4 is 5.73 Å². The highest BCUT2D eigenvalue weighted by molar-refractivity contribution is 5.85. The predicted molar refractivity (Wildman–Crippen MR) is 90.9 cm³/mol. The lowest BCUT2D eigenvalue weighted by Crippen LogP contribution is -2.34. The van der Waals surface area contributed by atoms with Crippen LogP contribution in [0.15, 0.2) is 12.3 Å². The number of nitrogens with one attached hydrogen (secondary N) is 1. The second kappa shape index (κ2) is 7.09. The molecule has 0 atom stereocenters. The number of likely N-dealkylation sites (tertiary alicyclic amines) is 1. The highest BCUT2D eigenvalue weighted by Gasteiger charge is 2.23. The Kier molecular flexibility index (Phi) is 4.93. The maximum absolute atomic E-state index is 6.05. The van der Waals surface area contributed by atoms with Crippen LogP contribution in [0.25, 0.3) is 11.0 Å². The molecule has 0 aliphatic carbocycles. The lowest BCUT2D eigenvalue weighted by molar-refractivity contribution is 0.205. The van der Waals surface area contributed by atoms with Crippen molar-refractivity contribution in [2.24, 2.45) is 0 Å². The summed E-state index contributed by atoms with van der Waals surface area (Å²) in [7, 11) is 0. The molecule has 0 saturated carbocycles. The fraction of sp³-hybridized carbons (Fsp3) is 0.647. The fourth-order valence-corrected chi connectivity index (χ4v) is 3.34. The van der Waals surface area contributed by atoms with Gasteiger partial charge in [0, 0.05) is 12.1 Å². The van der Waals surface area contributed by atoms with E-state index in [9.17, 15) is 0 Å². The average Bonchev–Trinajstić information content (AvgIpc) is 3.01. The Balaban J connectivity index is 1.56. The lowest BCUT2D eigenvalue weighted by Gasteiger charge is -2.31. The number of nitrogen functional groups attached to an aromatic ring is 1. The van der Waals surface area contributed by atoms with Gasteiger partial charge in [0.15, 0.2) is 0 Å². The van der Waals surface area contributed by atoms with Crippen LogP contribution in [0.3, 0.4) is 0 Å². The maximum atomic E-state index is 6.05. The molecule has 5 heteroatoms. The molecule has 3 heterocycles. The zero-order valence-corrected chi connectivity index (χ0v) is 13.5. The number of rotatable bonds is 6. The molecule has 3 rings (SSSR count). The molecule has 0 unspecified atom stereocenters. The number of aromatic nitrogens is 3. The van der Waals surface area contributed by atoms with Gasteiger partial charge in [-0.25, -0.2) is 9.97 Å². The van der Waals surface area contributed by atoms with E-state index >= 15 is 0 Å². The molecular formula is C17H27N5. The molecule has 2 aromatic heterocycles. The van der Waals surface area contributed by atoms with Gasteiger partial charge in [-0.2, -0.15) is 0 Å². The van der Waals surface area contributed by atoms with Crippen molar-refractivity contribution in [1.82, 2.24) is 19.9 Å². The molecule has 0 amide bonds. The molecule has 0 radical (unpaired) electrons. The van der Waals surface area contributed by atoms with Crippen molar-refractivity contribution < 1.29 is 0 Å². The second-order valence-electron chi connectivity index (χ2n) is 6.38. The predicted octanol–water partition coefficient (Wildman–Crippen LogP) is 3.30.